The van der Waals surface area contributed by atoms with Crippen LogP contribution in [0.25, 0.3) is 38.6 Å². The SMILES string of the molecule is Nc1cccc(-c2cccc3c4ccccc4n(-c4ccccc4)c23)c1.S=S=S=S=S=S=S=S=S=S=S=S. The molecule has 14 heteroatoms. The van der Waals surface area contributed by atoms with E-state index in [2.05, 4.69) is 106 Å². The third kappa shape index (κ3) is 8.08. The van der Waals surface area contributed by atoms with Gasteiger partial charge in [-0.05, 0) is 35.9 Å². The molecule has 2 N–H and O–H groups in total. The van der Waals surface area contributed by atoms with E-state index < -0.39 is 0 Å². The lowest BCUT2D eigenvalue weighted by Gasteiger charge is -2.12. The summed E-state index contributed by atoms with van der Waals surface area (Å²) in [4.78, 5) is 0. The summed E-state index contributed by atoms with van der Waals surface area (Å²) in [5.74, 6) is 0. The van der Waals surface area contributed by atoms with Gasteiger partial charge in [-0.2, -0.15) is 0 Å². The zero-order chi connectivity index (χ0) is 26.6. The van der Waals surface area contributed by atoms with Crippen LogP contribution in [0.15, 0.2) is 97.1 Å². The van der Waals surface area contributed by atoms with E-state index in [0.717, 1.165) is 16.9 Å². The van der Waals surface area contributed by atoms with Crippen LogP contribution in [0.1, 0.15) is 0 Å². The number of benzene rings is 4. The Morgan fingerprint density at radius 1 is 0.553 bits per heavy atom. The number of rotatable bonds is 2. The highest BCUT2D eigenvalue weighted by molar-refractivity contribution is 8.75. The largest absolute Gasteiger partial charge is 0.399 e. The summed E-state index contributed by atoms with van der Waals surface area (Å²) in [7, 11) is 16.3. The van der Waals surface area contributed by atoms with Gasteiger partial charge in [-0.3, -0.25) is 0 Å². The van der Waals surface area contributed by atoms with Crippen molar-refractivity contribution in [2.45, 2.75) is 0 Å². The molecule has 5 rings (SSSR count). The first-order chi connectivity index (χ1) is 18.7. The molecule has 0 aliphatic heterocycles. The summed E-state index contributed by atoms with van der Waals surface area (Å²) in [6, 6.07) is 33.7. The predicted octanol–water partition coefficient (Wildman–Crippen LogP) is 6.00. The molecule has 0 bridgehead atoms. The molecule has 0 amide bonds. The standard InChI is InChI=1S/C24H18N2.S12/c25-18-9-6-8-17(16-18)20-13-7-14-22-21-12-4-5-15-23(21)26(24(20)22)19-10-2-1-3-11-19;1-3-5-7-9-11-12-10-8-6-4-2/h1-16H,25H2;. The zero-order valence-corrected chi connectivity index (χ0v) is 29.0. The molecule has 0 aliphatic rings. The molecular formula is C24H18N2S12. The van der Waals surface area contributed by atoms with E-state index in [4.69, 9.17) is 5.73 Å². The van der Waals surface area contributed by atoms with Crippen LogP contribution in [0.5, 0.6) is 0 Å². The Morgan fingerprint density at radius 3 is 1.79 bits per heavy atom. The molecule has 5 aromatic rings. The molecular weight excluding hydrogens is 701 g/mol. The number of nitrogens with two attached hydrogens (primary N) is 1. The fourth-order valence-corrected chi connectivity index (χ4v) is 25.8. The van der Waals surface area contributed by atoms with Gasteiger partial charge in [0.05, 0.1) is 11.0 Å². The van der Waals surface area contributed by atoms with Crippen molar-refractivity contribution in [2.24, 2.45) is 0 Å². The minimum absolute atomic E-state index is 0.780. The van der Waals surface area contributed by atoms with E-state index in [1.807, 2.05) is 18.2 Å². The quantitative estimate of drug-likeness (QED) is 0.227. The molecule has 0 fully saturated rings. The number of hydrogen-bond acceptors (Lipinski definition) is 3. The second-order valence-electron chi connectivity index (χ2n) is 7.20. The van der Waals surface area contributed by atoms with Gasteiger partial charge in [-0.25, -0.2) is 0 Å². The van der Waals surface area contributed by atoms with Crippen LogP contribution in [0.3, 0.4) is 0 Å². The lowest BCUT2D eigenvalue weighted by Crippen LogP contribution is -1.95. The first-order valence-corrected chi connectivity index (χ1v) is 25.3. The van der Waals surface area contributed by atoms with E-state index in [9.17, 15) is 0 Å². The number of aromatic nitrogens is 1. The minimum Gasteiger partial charge on any atom is -0.399 e. The van der Waals surface area contributed by atoms with E-state index in [1.54, 1.807) is 71.0 Å². The second kappa shape index (κ2) is 16.4. The van der Waals surface area contributed by atoms with Crippen LogP contribution in [-0.2, 0) is 111 Å². The Balaban J connectivity index is 0.000000240. The number of anilines is 1. The van der Waals surface area contributed by atoms with Crippen molar-refractivity contribution < 1.29 is 0 Å². The Kier molecular flexibility index (Phi) is 13.0. The van der Waals surface area contributed by atoms with Gasteiger partial charge >= 0.3 is 0 Å². The lowest BCUT2D eigenvalue weighted by atomic mass is 10.0. The van der Waals surface area contributed by atoms with Gasteiger partial charge in [-0.1, -0.05) is 66.7 Å². The molecule has 1 heterocycles. The normalized spacial score (nSPS) is 9.89. The summed E-state index contributed by atoms with van der Waals surface area (Å²) >= 11 is 9.38. The van der Waals surface area contributed by atoms with Gasteiger partial charge in [0, 0.05) is 139 Å². The van der Waals surface area contributed by atoms with Crippen LogP contribution in [-0.4, -0.2) is 4.57 Å². The molecule has 1 aromatic heterocycles. The van der Waals surface area contributed by atoms with Crippen LogP contribution in [0.4, 0.5) is 5.69 Å². The average Bonchev–Trinajstić information content (AvgIpc) is 3.30. The van der Waals surface area contributed by atoms with Crippen LogP contribution in [0.2, 0.25) is 0 Å². The van der Waals surface area contributed by atoms with Crippen molar-refractivity contribution in [2.75, 3.05) is 5.73 Å². The average molecular weight is 719 g/mol. The monoisotopic (exact) mass is 718 g/mol. The predicted molar refractivity (Wildman–Crippen MR) is 199 cm³/mol. The number of hydrogen-bond donors (Lipinski definition) is 1. The Bertz CT molecular complexity index is 1990. The topological polar surface area (TPSA) is 30.9 Å². The van der Waals surface area contributed by atoms with Crippen LogP contribution in [0, 0.1) is 0 Å². The van der Waals surface area contributed by atoms with Crippen molar-refractivity contribution >= 4 is 139 Å². The van der Waals surface area contributed by atoms with Gasteiger partial charge < -0.3 is 10.3 Å². The maximum absolute atomic E-state index is 6.06. The molecule has 0 unspecified atom stereocenters. The van der Waals surface area contributed by atoms with Gasteiger partial charge in [0.1, 0.15) is 0 Å². The summed E-state index contributed by atoms with van der Waals surface area (Å²) < 4.78 is 2.35. The maximum atomic E-state index is 6.06. The zero-order valence-electron chi connectivity index (χ0n) is 19.2. The van der Waals surface area contributed by atoms with Gasteiger partial charge in [0.25, 0.3) is 0 Å². The third-order valence-corrected chi connectivity index (χ3v) is 25.2. The van der Waals surface area contributed by atoms with Gasteiger partial charge in [-0.15, -0.1) is 0 Å². The Labute approximate surface area is 259 Å². The van der Waals surface area contributed by atoms with Crippen molar-refractivity contribution in [3.05, 3.63) is 97.1 Å². The Morgan fingerprint density at radius 2 is 1.13 bits per heavy atom. The smallest absolute Gasteiger partial charge is 0.0619 e. The fourth-order valence-electron chi connectivity index (χ4n) is 3.89. The Hall–Kier alpha value is -0.880. The highest BCUT2D eigenvalue weighted by Crippen LogP contribution is 2.38. The summed E-state index contributed by atoms with van der Waals surface area (Å²) in [5, 5.41) is 2.52. The number of nitrogens with zero attached hydrogens (tertiary/aromatic N) is 1. The van der Waals surface area contributed by atoms with E-state index >= 15 is 0 Å². The number of para-hydroxylation sites is 3. The molecule has 38 heavy (non-hydrogen) atoms. The number of fused-ring (bicyclic) bond motifs is 3. The molecule has 0 atom stereocenters. The highest BCUT2D eigenvalue weighted by Gasteiger charge is 2.15. The molecule has 0 spiro atoms. The molecule has 196 valence electrons. The fraction of sp³-hybridized carbons (Fsp3) is 0. The molecule has 2 nitrogen and oxygen atoms in total. The van der Waals surface area contributed by atoms with Crippen molar-refractivity contribution in [3.63, 3.8) is 0 Å². The molecule has 0 saturated heterocycles. The summed E-state index contributed by atoms with van der Waals surface area (Å²) in [5.41, 5.74) is 12.8. The minimum atomic E-state index is 0.780. The van der Waals surface area contributed by atoms with Crippen molar-refractivity contribution in [3.8, 4) is 16.8 Å². The number of nitrogen functional groups attached to an aromatic ring is 1. The van der Waals surface area contributed by atoms with Gasteiger partial charge in [0.2, 0.25) is 0 Å². The van der Waals surface area contributed by atoms with Gasteiger partial charge in [0.15, 0.2) is 0 Å². The first kappa shape index (κ1) is 30.1. The second-order valence-corrected chi connectivity index (χ2v) is 24.9. The van der Waals surface area contributed by atoms with E-state index in [-0.39, 0.29) is 0 Å². The first-order valence-electron chi connectivity index (χ1n) is 10.6. The van der Waals surface area contributed by atoms with E-state index in [0.29, 0.717) is 0 Å². The third-order valence-electron chi connectivity index (χ3n) is 5.16. The highest BCUT2D eigenvalue weighted by atomic mass is 33.4. The van der Waals surface area contributed by atoms with Crippen LogP contribution < -0.4 is 5.73 Å². The molecule has 0 radical (unpaired) electrons. The maximum Gasteiger partial charge on any atom is 0.0619 e. The molecule has 0 aliphatic carbocycles. The molecule has 4 aromatic carbocycles. The summed E-state index contributed by atoms with van der Waals surface area (Å²) in [6.45, 7) is 0. The molecule has 0 saturated carbocycles. The van der Waals surface area contributed by atoms with Crippen molar-refractivity contribution in [1.82, 2.24) is 4.57 Å². The van der Waals surface area contributed by atoms with Crippen molar-refractivity contribution in [1.29, 1.82) is 0 Å². The van der Waals surface area contributed by atoms with E-state index in [1.165, 1.54) is 45.1 Å². The van der Waals surface area contributed by atoms with Crippen LogP contribution >= 0.6 is 0 Å². The summed E-state index contributed by atoms with van der Waals surface area (Å²) in [6.07, 6.45) is 0. The lowest BCUT2D eigenvalue weighted by molar-refractivity contribution is 1.18.